The van der Waals surface area contributed by atoms with Gasteiger partial charge in [0.1, 0.15) is 11.3 Å². The van der Waals surface area contributed by atoms with Crippen molar-refractivity contribution in [2.75, 3.05) is 20.3 Å². The molecule has 0 saturated carbocycles. The van der Waals surface area contributed by atoms with E-state index in [0.717, 1.165) is 12.1 Å². The van der Waals surface area contributed by atoms with Crippen LogP contribution in [0.2, 0.25) is 0 Å². The van der Waals surface area contributed by atoms with Crippen molar-refractivity contribution in [1.82, 2.24) is 4.90 Å². The highest BCUT2D eigenvalue weighted by molar-refractivity contribution is 5.98. The lowest BCUT2D eigenvalue weighted by Gasteiger charge is -2.26. The van der Waals surface area contributed by atoms with E-state index in [1.54, 1.807) is 0 Å². The molecule has 0 aliphatic heterocycles. The van der Waals surface area contributed by atoms with Crippen LogP contribution >= 0.6 is 0 Å². The number of carbonyl (C=O) groups is 1. The van der Waals surface area contributed by atoms with E-state index in [9.17, 15) is 20.0 Å². The summed E-state index contributed by atoms with van der Waals surface area (Å²) in [6.45, 7) is 4.26. The molecular weight excluding hydrogens is 264 g/mol. The van der Waals surface area contributed by atoms with Gasteiger partial charge in [0.05, 0.1) is 11.5 Å². The lowest BCUT2D eigenvalue weighted by atomic mass is 10.1. The Kier molecular flexibility index (Phi) is 5.45. The molecule has 1 aromatic carbocycles. The number of hydrogen-bond donors (Lipinski definition) is 1. The molecule has 1 amide bonds. The topological polar surface area (TPSA) is 92.9 Å². The summed E-state index contributed by atoms with van der Waals surface area (Å²) in [5.74, 6) is -0.686. The first-order valence-electron chi connectivity index (χ1n) is 6.15. The quantitative estimate of drug-likeness (QED) is 0.634. The van der Waals surface area contributed by atoms with Crippen LogP contribution in [0, 0.1) is 10.1 Å². The van der Waals surface area contributed by atoms with Gasteiger partial charge in [0.2, 0.25) is 0 Å². The van der Waals surface area contributed by atoms with Crippen molar-refractivity contribution < 1.29 is 19.6 Å². The van der Waals surface area contributed by atoms with Gasteiger partial charge in [0.15, 0.2) is 0 Å². The summed E-state index contributed by atoms with van der Waals surface area (Å²) in [5.41, 5.74) is -0.448. The first-order chi connectivity index (χ1) is 9.38. The van der Waals surface area contributed by atoms with Crippen LogP contribution in [0.25, 0.3) is 0 Å². The number of amides is 1. The summed E-state index contributed by atoms with van der Waals surface area (Å²) >= 11 is 0. The fourth-order valence-electron chi connectivity index (χ4n) is 1.79. The van der Waals surface area contributed by atoms with E-state index >= 15 is 0 Å². The van der Waals surface area contributed by atoms with Gasteiger partial charge in [-0.25, -0.2) is 0 Å². The van der Waals surface area contributed by atoms with Gasteiger partial charge in [-0.15, -0.1) is 0 Å². The van der Waals surface area contributed by atoms with Crippen LogP contribution in [0.1, 0.15) is 24.2 Å². The number of nitrogens with zero attached hydrogens (tertiary/aromatic N) is 2. The van der Waals surface area contributed by atoms with Gasteiger partial charge in [-0.2, -0.15) is 0 Å². The van der Waals surface area contributed by atoms with E-state index in [1.165, 1.54) is 18.1 Å². The molecule has 1 aromatic rings. The molecule has 0 unspecified atom stereocenters. The maximum atomic E-state index is 12.4. The largest absolute Gasteiger partial charge is 0.508 e. The number of nitro benzene ring substituents is 1. The fourth-order valence-corrected chi connectivity index (χ4v) is 1.79. The van der Waals surface area contributed by atoms with E-state index in [0.29, 0.717) is 13.2 Å². The van der Waals surface area contributed by atoms with E-state index in [1.807, 2.05) is 13.8 Å². The predicted octanol–water partition coefficient (Wildman–Crippen LogP) is 1.80. The Bertz CT molecular complexity index is 502. The van der Waals surface area contributed by atoms with E-state index in [-0.39, 0.29) is 23.0 Å². The number of phenols is 1. The van der Waals surface area contributed by atoms with E-state index in [2.05, 4.69) is 0 Å². The number of nitro groups is 1. The molecule has 0 radical (unpaired) electrons. The second-order valence-corrected chi connectivity index (χ2v) is 4.54. The lowest BCUT2D eigenvalue weighted by Crippen LogP contribution is -2.39. The summed E-state index contributed by atoms with van der Waals surface area (Å²) < 4.78 is 4.93. The van der Waals surface area contributed by atoms with Gasteiger partial charge in [0.25, 0.3) is 11.6 Å². The number of ether oxygens (including phenoxy) is 1. The minimum Gasteiger partial charge on any atom is -0.508 e. The zero-order chi connectivity index (χ0) is 15.3. The molecule has 0 saturated heterocycles. The van der Waals surface area contributed by atoms with Gasteiger partial charge in [-0.05, 0) is 26.0 Å². The van der Waals surface area contributed by atoms with E-state index < -0.39 is 10.8 Å². The molecule has 0 atom stereocenters. The van der Waals surface area contributed by atoms with Gasteiger partial charge in [0, 0.05) is 25.8 Å². The highest BCUT2D eigenvalue weighted by atomic mass is 16.6. The SMILES string of the molecule is COCCN(C(=O)c1cc(O)ccc1[N+](=O)[O-])C(C)C. The lowest BCUT2D eigenvalue weighted by molar-refractivity contribution is -0.385. The molecule has 0 spiro atoms. The average Bonchev–Trinajstić information content (AvgIpc) is 2.38. The summed E-state index contributed by atoms with van der Waals surface area (Å²) in [6, 6.07) is 3.28. The van der Waals surface area contributed by atoms with Gasteiger partial charge >= 0.3 is 0 Å². The standard InChI is InChI=1S/C13H18N2O5/c1-9(2)14(6-7-20-3)13(17)11-8-10(16)4-5-12(11)15(18)19/h4-5,8-9,16H,6-7H2,1-3H3. The van der Waals surface area contributed by atoms with Gasteiger partial charge < -0.3 is 14.7 Å². The van der Waals surface area contributed by atoms with Crippen LogP contribution in [-0.4, -0.2) is 47.1 Å². The van der Waals surface area contributed by atoms with Crippen molar-refractivity contribution in [2.45, 2.75) is 19.9 Å². The van der Waals surface area contributed by atoms with Crippen molar-refractivity contribution in [1.29, 1.82) is 0 Å². The molecule has 0 aromatic heterocycles. The Hall–Kier alpha value is -2.15. The number of phenolic OH excluding ortho intramolecular Hbond substituents is 1. The minimum absolute atomic E-state index is 0.125. The Morgan fingerprint density at radius 3 is 2.65 bits per heavy atom. The Morgan fingerprint density at radius 1 is 1.50 bits per heavy atom. The summed E-state index contributed by atoms with van der Waals surface area (Å²) in [4.78, 5) is 24.2. The molecule has 110 valence electrons. The Labute approximate surface area is 116 Å². The number of methoxy groups -OCH3 is 1. The third-order valence-electron chi connectivity index (χ3n) is 2.83. The molecule has 0 bridgehead atoms. The van der Waals surface area contributed by atoms with Crippen molar-refractivity contribution in [2.24, 2.45) is 0 Å². The van der Waals surface area contributed by atoms with Crippen molar-refractivity contribution >= 4 is 11.6 Å². The number of benzene rings is 1. The zero-order valence-electron chi connectivity index (χ0n) is 11.7. The smallest absolute Gasteiger partial charge is 0.282 e. The molecule has 20 heavy (non-hydrogen) atoms. The second-order valence-electron chi connectivity index (χ2n) is 4.54. The molecule has 1 rings (SSSR count). The monoisotopic (exact) mass is 282 g/mol. The average molecular weight is 282 g/mol. The van der Waals surface area contributed by atoms with Crippen LogP contribution in [0.15, 0.2) is 18.2 Å². The minimum atomic E-state index is -0.637. The Morgan fingerprint density at radius 2 is 2.15 bits per heavy atom. The van der Waals surface area contributed by atoms with Crippen LogP contribution in [0.5, 0.6) is 5.75 Å². The summed E-state index contributed by atoms with van der Waals surface area (Å²) in [7, 11) is 1.51. The van der Waals surface area contributed by atoms with Crippen molar-refractivity contribution in [3.05, 3.63) is 33.9 Å². The van der Waals surface area contributed by atoms with Crippen molar-refractivity contribution in [3.8, 4) is 5.75 Å². The number of hydrogen-bond acceptors (Lipinski definition) is 5. The van der Waals surface area contributed by atoms with Crippen LogP contribution < -0.4 is 0 Å². The van der Waals surface area contributed by atoms with Crippen molar-refractivity contribution in [3.63, 3.8) is 0 Å². The molecule has 0 aliphatic rings. The fraction of sp³-hybridized carbons (Fsp3) is 0.462. The molecular formula is C13H18N2O5. The third kappa shape index (κ3) is 3.67. The first kappa shape index (κ1) is 15.9. The number of aromatic hydroxyl groups is 1. The normalized spacial score (nSPS) is 10.6. The molecule has 0 heterocycles. The summed E-state index contributed by atoms with van der Waals surface area (Å²) in [5, 5.41) is 20.4. The highest BCUT2D eigenvalue weighted by Gasteiger charge is 2.26. The van der Waals surface area contributed by atoms with Crippen LogP contribution in [-0.2, 0) is 4.74 Å². The predicted molar refractivity (Wildman–Crippen MR) is 72.8 cm³/mol. The van der Waals surface area contributed by atoms with Crippen LogP contribution in [0.4, 0.5) is 5.69 Å². The Balaban J connectivity index is 3.16. The second kappa shape index (κ2) is 6.85. The van der Waals surface area contributed by atoms with Crippen LogP contribution in [0.3, 0.4) is 0 Å². The molecule has 7 nitrogen and oxygen atoms in total. The van der Waals surface area contributed by atoms with Gasteiger partial charge in [-0.1, -0.05) is 0 Å². The highest BCUT2D eigenvalue weighted by Crippen LogP contribution is 2.25. The maximum Gasteiger partial charge on any atom is 0.282 e. The molecule has 7 heteroatoms. The summed E-state index contributed by atoms with van der Waals surface area (Å²) in [6.07, 6.45) is 0. The number of rotatable bonds is 6. The van der Waals surface area contributed by atoms with E-state index in [4.69, 9.17) is 4.74 Å². The molecule has 0 aliphatic carbocycles. The third-order valence-corrected chi connectivity index (χ3v) is 2.83. The van der Waals surface area contributed by atoms with Gasteiger partial charge in [-0.3, -0.25) is 14.9 Å². The zero-order valence-corrected chi connectivity index (χ0v) is 11.7. The first-order valence-corrected chi connectivity index (χ1v) is 6.15. The molecule has 0 fully saturated rings. The molecule has 1 N–H and O–H groups in total. The number of carbonyl (C=O) groups excluding carboxylic acids is 1. The maximum absolute atomic E-state index is 12.4.